The summed E-state index contributed by atoms with van der Waals surface area (Å²) in [5.74, 6) is 2.22. The lowest BCUT2D eigenvalue weighted by molar-refractivity contribution is -0.117. The monoisotopic (exact) mass is 329 g/mol. The van der Waals surface area contributed by atoms with Gasteiger partial charge in [0, 0.05) is 43.9 Å². The average molecular weight is 329 g/mol. The van der Waals surface area contributed by atoms with Crippen LogP contribution in [0.4, 0.5) is 17.6 Å². The number of carbonyl (C=O) groups excluding carboxylic acids is 1. The lowest BCUT2D eigenvalue weighted by Gasteiger charge is -2.16. The molecule has 0 bridgehead atoms. The molecular weight excluding hydrogens is 306 g/mol. The van der Waals surface area contributed by atoms with E-state index < -0.39 is 0 Å². The van der Waals surface area contributed by atoms with Crippen LogP contribution in [0.15, 0.2) is 31.5 Å². The molecule has 8 nitrogen and oxygen atoms in total. The molecule has 0 aliphatic heterocycles. The van der Waals surface area contributed by atoms with E-state index in [2.05, 4.69) is 38.6 Å². The zero-order valence-electron chi connectivity index (χ0n) is 13.8. The first kappa shape index (κ1) is 17.5. The Labute approximate surface area is 141 Å². The molecule has 0 spiro atoms. The van der Waals surface area contributed by atoms with E-state index in [-0.39, 0.29) is 12.3 Å². The quantitative estimate of drug-likeness (QED) is 0.669. The van der Waals surface area contributed by atoms with Gasteiger partial charge in [0.2, 0.25) is 11.9 Å². The molecule has 1 fully saturated rings. The van der Waals surface area contributed by atoms with Gasteiger partial charge in [-0.25, -0.2) is 4.98 Å². The van der Waals surface area contributed by atoms with Gasteiger partial charge in [-0.15, -0.1) is 13.2 Å². The summed E-state index contributed by atoms with van der Waals surface area (Å²) < 4.78 is 0. The van der Waals surface area contributed by atoms with Crippen LogP contribution in [0.5, 0.6) is 0 Å². The molecule has 1 saturated carbocycles. The highest BCUT2D eigenvalue weighted by atomic mass is 16.1. The zero-order chi connectivity index (χ0) is 17.5. The van der Waals surface area contributed by atoms with Gasteiger partial charge in [-0.1, -0.05) is 0 Å². The average Bonchev–Trinajstić information content (AvgIpc) is 3.35. The highest BCUT2D eigenvalue weighted by Gasteiger charge is 2.25. The van der Waals surface area contributed by atoms with E-state index in [4.69, 9.17) is 5.73 Å². The van der Waals surface area contributed by atoms with E-state index in [1.807, 2.05) is 13.1 Å². The van der Waals surface area contributed by atoms with Crippen molar-refractivity contribution in [1.29, 1.82) is 0 Å². The Morgan fingerprint density at radius 1 is 1.46 bits per heavy atom. The number of nitrogens with zero attached hydrogens (tertiary/aromatic N) is 4. The standard InChI is InChI=1S/C14H19N7O.C2H4/c1-21(7-5-11(15)22)14-16-6-4-12(18-14)17-13-8-10(19-20-13)9-2-3-9;1-2/h4,6,8-9H,2-3,5,7H2,1H3,(H2,15,22)(H2,16,17,18,19,20);1-2H2. The molecule has 0 atom stereocenters. The highest BCUT2D eigenvalue weighted by molar-refractivity contribution is 5.74. The molecule has 24 heavy (non-hydrogen) atoms. The third kappa shape index (κ3) is 4.80. The third-order valence-electron chi connectivity index (χ3n) is 3.55. The minimum absolute atomic E-state index is 0.266. The van der Waals surface area contributed by atoms with Crippen LogP contribution in [0.25, 0.3) is 0 Å². The van der Waals surface area contributed by atoms with Crippen molar-refractivity contribution in [2.75, 3.05) is 23.8 Å². The molecule has 0 unspecified atom stereocenters. The van der Waals surface area contributed by atoms with Crippen molar-refractivity contribution in [3.8, 4) is 0 Å². The molecule has 128 valence electrons. The molecule has 2 aromatic heterocycles. The Kier molecular flexibility index (Phi) is 5.89. The number of primary amides is 1. The molecular formula is C16H23N7O. The van der Waals surface area contributed by atoms with Crippen molar-refractivity contribution in [2.24, 2.45) is 5.73 Å². The largest absolute Gasteiger partial charge is 0.370 e. The maximum Gasteiger partial charge on any atom is 0.227 e. The summed E-state index contributed by atoms with van der Waals surface area (Å²) in [4.78, 5) is 21.2. The van der Waals surface area contributed by atoms with E-state index in [1.54, 1.807) is 17.2 Å². The van der Waals surface area contributed by atoms with Crippen LogP contribution in [0.3, 0.4) is 0 Å². The van der Waals surface area contributed by atoms with Gasteiger partial charge >= 0.3 is 0 Å². The third-order valence-corrected chi connectivity index (χ3v) is 3.55. The first-order valence-corrected chi connectivity index (χ1v) is 7.76. The Bertz CT molecular complexity index is 681. The molecule has 1 aliphatic rings. The summed E-state index contributed by atoms with van der Waals surface area (Å²) in [6.45, 7) is 6.48. The van der Waals surface area contributed by atoms with Gasteiger partial charge in [0.25, 0.3) is 0 Å². The Balaban J connectivity index is 0.00000100. The first-order valence-electron chi connectivity index (χ1n) is 7.76. The molecule has 2 heterocycles. The molecule has 0 radical (unpaired) electrons. The summed E-state index contributed by atoms with van der Waals surface area (Å²) in [7, 11) is 1.82. The summed E-state index contributed by atoms with van der Waals surface area (Å²) in [6, 6.07) is 3.78. The molecule has 4 N–H and O–H groups in total. The van der Waals surface area contributed by atoms with Crippen LogP contribution in [0, 0.1) is 0 Å². The fraction of sp³-hybridized carbons (Fsp3) is 0.375. The lowest BCUT2D eigenvalue weighted by Crippen LogP contribution is -2.25. The Morgan fingerprint density at radius 2 is 2.21 bits per heavy atom. The topological polar surface area (TPSA) is 113 Å². The van der Waals surface area contributed by atoms with Gasteiger partial charge in [-0.3, -0.25) is 9.89 Å². The van der Waals surface area contributed by atoms with E-state index in [9.17, 15) is 4.79 Å². The molecule has 8 heteroatoms. The highest BCUT2D eigenvalue weighted by Crippen LogP contribution is 2.39. The van der Waals surface area contributed by atoms with Crippen molar-refractivity contribution in [1.82, 2.24) is 20.2 Å². The van der Waals surface area contributed by atoms with Crippen LogP contribution in [-0.2, 0) is 4.79 Å². The fourth-order valence-electron chi connectivity index (χ4n) is 2.12. The van der Waals surface area contributed by atoms with Gasteiger partial charge in [0.05, 0.1) is 0 Å². The van der Waals surface area contributed by atoms with Gasteiger partial charge in [0.1, 0.15) is 5.82 Å². The number of H-pyrrole nitrogens is 1. The fourth-order valence-corrected chi connectivity index (χ4v) is 2.12. The summed E-state index contributed by atoms with van der Waals surface area (Å²) in [6.07, 6.45) is 4.38. The number of carbonyl (C=O) groups is 1. The second-order valence-electron chi connectivity index (χ2n) is 5.49. The Morgan fingerprint density at radius 3 is 2.88 bits per heavy atom. The maximum absolute atomic E-state index is 10.8. The minimum atomic E-state index is -0.342. The number of nitrogens with one attached hydrogen (secondary N) is 2. The van der Waals surface area contributed by atoms with Gasteiger partial charge < -0.3 is 16.0 Å². The molecule has 0 aromatic carbocycles. The number of amides is 1. The van der Waals surface area contributed by atoms with Crippen molar-refractivity contribution >= 4 is 23.5 Å². The number of aromatic nitrogens is 4. The first-order chi connectivity index (χ1) is 11.6. The summed E-state index contributed by atoms with van der Waals surface area (Å²) in [5, 5.41) is 10.4. The van der Waals surface area contributed by atoms with Crippen molar-refractivity contribution < 1.29 is 4.79 Å². The summed E-state index contributed by atoms with van der Waals surface area (Å²) in [5.41, 5.74) is 6.31. The van der Waals surface area contributed by atoms with Gasteiger partial charge in [0.15, 0.2) is 5.82 Å². The normalized spacial score (nSPS) is 12.9. The molecule has 3 rings (SSSR count). The zero-order valence-corrected chi connectivity index (χ0v) is 13.8. The van der Waals surface area contributed by atoms with Crippen LogP contribution >= 0.6 is 0 Å². The number of hydrogen-bond donors (Lipinski definition) is 3. The number of hydrogen-bond acceptors (Lipinski definition) is 6. The lowest BCUT2D eigenvalue weighted by atomic mass is 10.3. The van der Waals surface area contributed by atoms with E-state index in [1.165, 1.54) is 12.8 Å². The molecule has 1 aliphatic carbocycles. The van der Waals surface area contributed by atoms with Crippen molar-refractivity contribution in [2.45, 2.75) is 25.2 Å². The van der Waals surface area contributed by atoms with E-state index >= 15 is 0 Å². The second kappa shape index (κ2) is 8.09. The number of anilines is 3. The van der Waals surface area contributed by atoms with Crippen molar-refractivity contribution in [3.05, 3.63) is 37.2 Å². The number of aromatic amines is 1. The van der Waals surface area contributed by atoms with Gasteiger partial charge in [-0.2, -0.15) is 10.1 Å². The van der Waals surface area contributed by atoms with Gasteiger partial charge in [-0.05, 0) is 18.9 Å². The Hall–Kier alpha value is -2.90. The predicted molar refractivity (Wildman–Crippen MR) is 94.2 cm³/mol. The SMILES string of the molecule is C=C.CN(CCC(N)=O)c1nccc(Nc2cc(C3CC3)[nH]n2)n1. The van der Waals surface area contributed by atoms with Crippen LogP contribution in [0.2, 0.25) is 0 Å². The van der Waals surface area contributed by atoms with E-state index in [0.29, 0.717) is 24.2 Å². The number of rotatable bonds is 7. The maximum atomic E-state index is 10.8. The van der Waals surface area contributed by atoms with E-state index in [0.717, 1.165) is 11.5 Å². The van der Waals surface area contributed by atoms with Crippen molar-refractivity contribution in [3.63, 3.8) is 0 Å². The minimum Gasteiger partial charge on any atom is -0.370 e. The molecule has 2 aromatic rings. The van der Waals surface area contributed by atoms with Crippen LogP contribution in [-0.4, -0.2) is 39.7 Å². The van der Waals surface area contributed by atoms with Crippen LogP contribution in [0.1, 0.15) is 30.9 Å². The second-order valence-corrected chi connectivity index (χ2v) is 5.49. The summed E-state index contributed by atoms with van der Waals surface area (Å²) >= 11 is 0. The molecule has 0 saturated heterocycles. The van der Waals surface area contributed by atoms with Crippen LogP contribution < -0.4 is 16.0 Å². The smallest absolute Gasteiger partial charge is 0.227 e. The predicted octanol–water partition coefficient (Wildman–Crippen LogP) is 1.93. The number of nitrogens with two attached hydrogens (primary N) is 1. The molecule has 1 amide bonds.